The molecule has 2 aromatic rings. The van der Waals surface area contributed by atoms with Crippen molar-refractivity contribution in [2.45, 2.75) is 38.8 Å². The molecule has 0 saturated heterocycles. The summed E-state index contributed by atoms with van der Waals surface area (Å²) in [6.45, 7) is 3.80. The Labute approximate surface area is 158 Å². The summed E-state index contributed by atoms with van der Waals surface area (Å²) in [5, 5.41) is 21.5. The van der Waals surface area contributed by atoms with Gasteiger partial charge in [-0.15, -0.1) is 0 Å². The van der Waals surface area contributed by atoms with E-state index in [9.17, 15) is 19.8 Å². The van der Waals surface area contributed by atoms with Gasteiger partial charge in [-0.2, -0.15) is 0 Å². The topological polar surface area (TPSA) is 95.9 Å². The average Bonchev–Trinajstić information content (AvgIpc) is 2.62. The molecule has 2 atom stereocenters. The van der Waals surface area contributed by atoms with Crippen molar-refractivity contribution in [1.29, 1.82) is 0 Å². The number of hydrogen-bond donors (Lipinski definition) is 3. The van der Waals surface area contributed by atoms with E-state index >= 15 is 0 Å². The Bertz CT molecular complexity index is 743. The molecule has 2 rings (SSSR count). The summed E-state index contributed by atoms with van der Waals surface area (Å²) in [4.78, 5) is 23.0. The van der Waals surface area contributed by atoms with Crippen molar-refractivity contribution in [3.63, 3.8) is 0 Å². The number of carboxylic acid groups (broad SMARTS) is 2. The number of carbonyl (C=O) groups is 2. The Morgan fingerprint density at radius 1 is 0.889 bits per heavy atom. The van der Waals surface area contributed by atoms with Crippen LogP contribution in [0.3, 0.4) is 0 Å². The molecule has 6 heteroatoms. The summed E-state index contributed by atoms with van der Waals surface area (Å²) >= 11 is 0. The van der Waals surface area contributed by atoms with Crippen molar-refractivity contribution < 1.29 is 24.5 Å². The van der Waals surface area contributed by atoms with Gasteiger partial charge < -0.3 is 14.9 Å². The van der Waals surface area contributed by atoms with Gasteiger partial charge >= 0.3 is 11.9 Å². The van der Waals surface area contributed by atoms with E-state index in [0.29, 0.717) is 17.9 Å². The Kier molecular flexibility index (Phi) is 7.37. The molecule has 2 aromatic carbocycles. The maximum Gasteiger partial charge on any atom is 0.321 e. The fourth-order valence-corrected chi connectivity index (χ4v) is 2.73. The molecule has 0 saturated carbocycles. The first-order chi connectivity index (χ1) is 12.8. The van der Waals surface area contributed by atoms with E-state index in [1.165, 1.54) is 0 Å². The molecule has 0 heterocycles. The molecule has 0 aliphatic heterocycles. The molecule has 27 heavy (non-hydrogen) atoms. The van der Waals surface area contributed by atoms with E-state index in [4.69, 9.17) is 4.74 Å². The quantitative estimate of drug-likeness (QED) is 0.591. The van der Waals surface area contributed by atoms with Crippen LogP contribution in [-0.2, 0) is 16.0 Å². The highest BCUT2D eigenvalue weighted by molar-refractivity contribution is 5.77. The third kappa shape index (κ3) is 6.75. The highest BCUT2D eigenvalue weighted by Crippen LogP contribution is 2.21. The smallest absolute Gasteiger partial charge is 0.321 e. The maximum absolute atomic E-state index is 11.6. The fraction of sp³-hybridized carbons (Fsp3) is 0.333. The van der Waals surface area contributed by atoms with Crippen molar-refractivity contribution in [2.24, 2.45) is 5.92 Å². The molecular formula is C21H25NO5. The molecular weight excluding hydrogens is 346 g/mol. The van der Waals surface area contributed by atoms with Gasteiger partial charge in [0.2, 0.25) is 0 Å². The molecule has 0 aliphatic carbocycles. The second kappa shape index (κ2) is 9.73. The Balaban J connectivity index is 2.03. The Morgan fingerprint density at radius 3 is 1.96 bits per heavy atom. The third-order valence-electron chi connectivity index (χ3n) is 4.05. The molecule has 0 radical (unpaired) electrons. The SMILES string of the molecule is CC(C)C[C@H](N[C@@H](Cc1ccc(Oc2ccccc2)cc1)C(=O)O)C(=O)O. The molecule has 0 spiro atoms. The zero-order valence-electron chi connectivity index (χ0n) is 15.5. The van der Waals surface area contributed by atoms with Gasteiger partial charge in [0.15, 0.2) is 0 Å². The summed E-state index contributed by atoms with van der Waals surface area (Å²) in [7, 11) is 0. The van der Waals surface area contributed by atoms with E-state index in [1.54, 1.807) is 24.3 Å². The summed E-state index contributed by atoms with van der Waals surface area (Å²) in [5.41, 5.74) is 0.781. The molecule has 0 amide bonds. The zero-order valence-corrected chi connectivity index (χ0v) is 15.5. The Morgan fingerprint density at radius 2 is 1.44 bits per heavy atom. The zero-order chi connectivity index (χ0) is 19.8. The molecule has 3 N–H and O–H groups in total. The van der Waals surface area contributed by atoms with E-state index in [1.807, 2.05) is 44.2 Å². The predicted molar refractivity (Wildman–Crippen MR) is 102 cm³/mol. The van der Waals surface area contributed by atoms with Crippen molar-refractivity contribution in [3.05, 3.63) is 60.2 Å². The first-order valence-electron chi connectivity index (χ1n) is 8.88. The minimum absolute atomic E-state index is 0.141. The summed E-state index contributed by atoms with van der Waals surface area (Å²) < 4.78 is 5.72. The fourth-order valence-electron chi connectivity index (χ4n) is 2.73. The average molecular weight is 371 g/mol. The minimum Gasteiger partial charge on any atom is -0.480 e. The van der Waals surface area contributed by atoms with Crippen LogP contribution in [0.4, 0.5) is 0 Å². The number of aliphatic carboxylic acids is 2. The van der Waals surface area contributed by atoms with Crippen LogP contribution in [0.25, 0.3) is 0 Å². The summed E-state index contributed by atoms with van der Waals surface area (Å²) in [6, 6.07) is 14.6. The summed E-state index contributed by atoms with van der Waals surface area (Å²) in [6.07, 6.45) is 0.547. The highest BCUT2D eigenvalue weighted by atomic mass is 16.5. The molecule has 6 nitrogen and oxygen atoms in total. The normalized spacial score (nSPS) is 13.1. The molecule has 0 bridgehead atoms. The molecule has 0 fully saturated rings. The number of hydrogen-bond acceptors (Lipinski definition) is 4. The van der Waals surface area contributed by atoms with E-state index in [2.05, 4.69) is 5.32 Å². The van der Waals surface area contributed by atoms with Crippen LogP contribution in [0.5, 0.6) is 11.5 Å². The lowest BCUT2D eigenvalue weighted by molar-refractivity contribution is -0.142. The first kappa shape index (κ1) is 20.5. The van der Waals surface area contributed by atoms with E-state index < -0.39 is 24.0 Å². The van der Waals surface area contributed by atoms with Crippen molar-refractivity contribution in [3.8, 4) is 11.5 Å². The predicted octanol–water partition coefficient (Wildman–Crippen LogP) is 3.56. The second-order valence-corrected chi connectivity index (χ2v) is 6.84. The first-order valence-corrected chi connectivity index (χ1v) is 8.88. The number of nitrogens with one attached hydrogen (secondary N) is 1. The van der Waals surface area contributed by atoms with Crippen LogP contribution in [0, 0.1) is 5.92 Å². The molecule has 144 valence electrons. The van der Waals surface area contributed by atoms with Crippen LogP contribution < -0.4 is 10.1 Å². The number of para-hydroxylation sites is 1. The highest BCUT2D eigenvalue weighted by Gasteiger charge is 2.26. The van der Waals surface area contributed by atoms with Crippen molar-refractivity contribution in [2.75, 3.05) is 0 Å². The Hall–Kier alpha value is -2.86. The van der Waals surface area contributed by atoms with Crippen LogP contribution in [0.15, 0.2) is 54.6 Å². The standard InChI is InChI=1S/C21H25NO5/c1-14(2)12-18(20(23)24)22-19(21(25)26)13-15-8-10-17(11-9-15)27-16-6-4-3-5-7-16/h3-11,14,18-19,22H,12-13H2,1-2H3,(H,23,24)(H,25,26)/t18-,19-/m0/s1. The van der Waals surface area contributed by atoms with Gasteiger partial charge in [0.05, 0.1) is 0 Å². The van der Waals surface area contributed by atoms with Crippen LogP contribution >= 0.6 is 0 Å². The molecule has 0 aromatic heterocycles. The lowest BCUT2D eigenvalue weighted by atomic mass is 10.0. The van der Waals surface area contributed by atoms with Gasteiger partial charge in [0.25, 0.3) is 0 Å². The number of carboxylic acids is 2. The van der Waals surface area contributed by atoms with Crippen LogP contribution in [0.2, 0.25) is 0 Å². The molecule has 0 unspecified atom stereocenters. The summed E-state index contributed by atoms with van der Waals surface area (Å²) in [5.74, 6) is -0.611. The van der Waals surface area contributed by atoms with Gasteiger partial charge in [-0.1, -0.05) is 44.2 Å². The van der Waals surface area contributed by atoms with Crippen molar-refractivity contribution >= 4 is 11.9 Å². The second-order valence-electron chi connectivity index (χ2n) is 6.84. The van der Waals surface area contributed by atoms with E-state index in [0.717, 1.165) is 5.56 Å². The van der Waals surface area contributed by atoms with Crippen LogP contribution in [-0.4, -0.2) is 34.2 Å². The van der Waals surface area contributed by atoms with E-state index in [-0.39, 0.29) is 12.3 Å². The number of ether oxygens (including phenoxy) is 1. The lowest BCUT2D eigenvalue weighted by Crippen LogP contribution is -2.48. The van der Waals surface area contributed by atoms with Crippen molar-refractivity contribution in [1.82, 2.24) is 5.32 Å². The monoisotopic (exact) mass is 371 g/mol. The van der Waals surface area contributed by atoms with Gasteiger partial charge in [0, 0.05) is 0 Å². The van der Waals surface area contributed by atoms with Crippen LogP contribution in [0.1, 0.15) is 25.8 Å². The number of benzene rings is 2. The third-order valence-corrected chi connectivity index (χ3v) is 4.05. The lowest BCUT2D eigenvalue weighted by Gasteiger charge is -2.21. The van der Waals surface area contributed by atoms with Gasteiger partial charge in [0.1, 0.15) is 23.6 Å². The van der Waals surface area contributed by atoms with Gasteiger partial charge in [-0.05, 0) is 48.6 Å². The number of rotatable bonds is 10. The van der Waals surface area contributed by atoms with Gasteiger partial charge in [-0.3, -0.25) is 14.9 Å². The largest absolute Gasteiger partial charge is 0.480 e. The van der Waals surface area contributed by atoms with Gasteiger partial charge in [-0.25, -0.2) is 0 Å². The maximum atomic E-state index is 11.6. The minimum atomic E-state index is -1.07. The molecule has 0 aliphatic rings.